The van der Waals surface area contributed by atoms with Crippen molar-refractivity contribution in [3.63, 3.8) is 0 Å². The number of aromatic nitrogens is 1. The van der Waals surface area contributed by atoms with Crippen LogP contribution in [-0.4, -0.2) is 17.9 Å². The van der Waals surface area contributed by atoms with E-state index in [1.54, 1.807) is 18.3 Å². The van der Waals surface area contributed by atoms with Crippen LogP contribution in [-0.2, 0) is 11.2 Å². The second-order valence-corrected chi connectivity index (χ2v) is 7.80. The molecule has 0 bridgehead atoms. The van der Waals surface area contributed by atoms with Crippen LogP contribution in [0.25, 0.3) is 11.3 Å². The van der Waals surface area contributed by atoms with Crippen molar-refractivity contribution in [3.05, 3.63) is 47.9 Å². The summed E-state index contributed by atoms with van der Waals surface area (Å²) in [4.78, 5) is 4.46. The smallest absolute Gasteiger partial charge is 0.199 e. The lowest BCUT2D eigenvalue weighted by Crippen LogP contribution is -2.25. The van der Waals surface area contributed by atoms with Crippen molar-refractivity contribution < 1.29 is 13.9 Å². The molecule has 0 saturated carbocycles. The minimum Gasteiger partial charge on any atom is -0.465 e. The first-order chi connectivity index (χ1) is 11.9. The summed E-state index contributed by atoms with van der Waals surface area (Å²) in [6.45, 7) is 7.22. The van der Waals surface area contributed by atoms with Crippen LogP contribution in [0.3, 0.4) is 0 Å². The zero-order valence-electron chi connectivity index (χ0n) is 15.2. The predicted octanol–water partition coefficient (Wildman–Crippen LogP) is 5.38. The number of halogens is 1. The lowest BCUT2D eigenvalue weighted by molar-refractivity contribution is -0.105. The molecule has 0 aliphatic carbocycles. The molecule has 0 spiro atoms. The first-order valence-corrected chi connectivity index (χ1v) is 8.94. The molecule has 4 heteroatoms. The summed E-state index contributed by atoms with van der Waals surface area (Å²) in [5.74, 6) is 0.335. The Kier molecular flexibility index (Phi) is 5.38. The Labute approximate surface area is 149 Å². The number of hydrogen-bond acceptors (Lipinski definition) is 3. The highest BCUT2D eigenvalue weighted by Gasteiger charge is 2.19. The number of rotatable bonds is 4. The Balaban J connectivity index is 1.90. The minimum atomic E-state index is -0.286. The van der Waals surface area contributed by atoms with Gasteiger partial charge in [-0.05, 0) is 54.5 Å². The Morgan fingerprint density at radius 1 is 1.24 bits per heavy atom. The highest BCUT2D eigenvalue weighted by molar-refractivity contribution is 5.65. The largest absolute Gasteiger partial charge is 0.465 e. The zero-order valence-corrected chi connectivity index (χ0v) is 15.2. The van der Waals surface area contributed by atoms with Gasteiger partial charge < -0.3 is 9.47 Å². The molecular weight excluding hydrogens is 317 g/mol. The van der Waals surface area contributed by atoms with Gasteiger partial charge in [-0.2, -0.15) is 0 Å². The van der Waals surface area contributed by atoms with Crippen molar-refractivity contribution in [2.24, 2.45) is 5.41 Å². The molecule has 1 saturated heterocycles. The predicted molar refractivity (Wildman–Crippen MR) is 97.0 cm³/mol. The van der Waals surface area contributed by atoms with Gasteiger partial charge in [0.25, 0.3) is 0 Å². The highest BCUT2D eigenvalue weighted by atomic mass is 19.1. The fraction of sp³-hybridized carbons (Fsp3) is 0.476. The molecule has 1 fully saturated rings. The SMILES string of the molecule is CC(C)(C)Cc1cccnc1-c1cc(OC2CCCCO2)ccc1F. The Hall–Kier alpha value is -1.94. The third-order valence-corrected chi connectivity index (χ3v) is 4.21. The molecule has 0 amide bonds. The van der Waals surface area contributed by atoms with E-state index in [-0.39, 0.29) is 17.5 Å². The summed E-state index contributed by atoms with van der Waals surface area (Å²) in [7, 11) is 0. The molecule has 1 aliphatic heterocycles. The maximum Gasteiger partial charge on any atom is 0.199 e. The van der Waals surface area contributed by atoms with E-state index >= 15 is 0 Å². The van der Waals surface area contributed by atoms with Gasteiger partial charge in [0.2, 0.25) is 0 Å². The average Bonchev–Trinajstić information content (AvgIpc) is 2.57. The second kappa shape index (κ2) is 7.52. The van der Waals surface area contributed by atoms with E-state index in [1.807, 2.05) is 12.1 Å². The van der Waals surface area contributed by atoms with Crippen molar-refractivity contribution in [2.75, 3.05) is 6.61 Å². The summed E-state index contributed by atoms with van der Waals surface area (Å²) < 4.78 is 26.0. The lowest BCUT2D eigenvalue weighted by atomic mass is 9.86. The van der Waals surface area contributed by atoms with E-state index in [0.29, 0.717) is 23.6 Å². The molecular formula is C21H26FNO2. The molecule has 0 radical (unpaired) electrons. The summed E-state index contributed by atoms with van der Waals surface area (Å²) in [6, 6.07) is 8.76. The summed E-state index contributed by atoms with van der Waals surface area (Å²) >= 11 is 0. The Morgan fingerprint density at radius 3 is 2.80 bits per heavy atom. The van der Waals surface area contributed by atoms with Gasteiger partial charge >= 0.3 is 0 Å². The van der Waals surface area contributed by atoms with Gasteiger partial charge in [0.05, 0.1) is 12.3 Å². The molecule has 1 aliphatic rings. The van der Waals surface area contributed by atoms with E-state index in [9.17, 15) is 4.39 Å². The first-order valence-electron chi connectivity index (χ1n) is 8.94. The molecule has 1 aromatic heterocycles. The zero-order chi connectivity index (χ0) is 17.9. The normalized spacial score (nSPS) is 18.2. The summed E-state index contributed by atoms with van der Waals surface area (Å²) in [5.41, 5.74) is 2.30. The number of benzene rings is 1. The second-order valence-electron chi connectivity index (χ2n) is 7.80. The van der Waals surface area contributed by atoms with Gasteiger partial charge in [0.15, 0.2) is 6.29 Å². The molecule has 3 nitrogen and oxygen atoms in total. The van der Waals surface area contributed by atoms with Crippen LogP contribution < -0.4 is 4.74 Å². The third kappa shape index (κ3) is 4.79. The third-order valence-electron chi connectivity index (χ3n) is 4.21. The maximum absolute atomic E-state index is 14.5. The lowest BCUT2D eigenvalue weighted by Gasteiger charge is -2.24. The fourth-order valence-corrected chi connectivity index (χ4v) is 3.11. The van der Waals surface area contributed by atoms with Gasteiger partial charge in [-0.1, -0.05) is 26.8 Å². The van der Waals surface area contributed by atoms with E-state index in [1.165, 1.54) is 6.07 Å². The topological polar surface area (TPSA) is 31.4 Å². The molecule has 2 aromatic rings. The van der Waals surface area contributed by atoms with Crippen LogP contribution in [0.4, 0.5) is 4.39 Å². The standard InChI is InChI=1S/C21H26FNO2/c1-21(2,3)14-15-7-6-11-23-20(15)17-13-16(9-10-18(17)22)25-19-8-4-5-12-24-19/h6-7,9-11,13,19H,4-5,8,12,14H2,1-3H3. The maximum atomic E-state index is 14.5. The van der Waals surface area contributed by atoms with Crippen molar-refractivity contribution in [3.8, 4) is 17.0 Å². The minimum absolute atomic E-state index is 0.0955. The van der Waals surface area contributed by atoms with E-state index < -0.39 is 0 Å². The number of ether oxygens (including phenoxy) is 2. The quantitative estimate of drug-likeness (QED) is 0.746. The number of hydrogen-bond donors (Lipinski definition) is 0. The molecule has 134 valence electrons. The molecule has 1 aromatic carbocycles. The van der Waals surface area contributed by atoms with Crippen LogP contribution >= 0.6 is 0 Å². The molecule has 2 heterocycles. The number of pyridine rings is 1. The Bertz CT molecular complexity index is 718. The van der Waals surface area contributed by atoms with E-state index in [4.69, 9.17) is 9.47 Å². The van der Waals surface area contributed by atoms with Crippen molar-refractivity contribution in [1.29, 1.82) is 0 Å². The van der Waals surface area contributed by atoms with Gasteiger partial charge in [-0.15, -0.1) is 0 Å². The van der Waals surface area contributed by atoms with Crippen LogP contribution in [0.15, 0.2) is 36.5 Å². The van der Waals surface area contributed by atoms with Crippen LogP contribution in [0.2, 0.25) is 0 Å². The summed E-state index contributed by atoms with van der Waals surface area (Å²) in [5, 5.41) is 0. The van der Waals surface area contributed by atoms with E-state index in [0.717, 1.165) is 31.2 Å². The van der Waals surface area contributed by atoms with E-state index in [2.05, 4.69) is 25.8 Å². The molecule has 1 atom stereocenters. The molecule has 0 N–H and O–H groups in total. The summed E-state index contributed by atoms with van der Waals surface area (Å²) in [6.07, 6.45) is 5.31. The first kappa shape index (κ1) is 17.9. The van der Waals surface area contributed by atoms with Gasteiger partial charge in [0, 0.05) is 18.2 Å². The Morgan fingerprint density at radius 2 is 2.08 bits per heavy atom. The number of nitrogens with zero attached hydrogens (tertiary/aromatic N) is 1. The van der Waals surface area contributed by atoms with Crippen molar-refractivity contribution in [2.45, 2.75) is 52.7 Å². The molecule has 3 rings (SSSR count). The molecule has 25 heavy (non-hydrogen) atoms. The van der Waals surface area contributed by atoms with Crippen molar-refractivity contribution in [1.82, 2.24) is 4.98 Å². The molecule has 1 unspecified atom stereocenters. The van der Waals surface area contributed by atoms with Gasteiger partial charge in [0.1, 0.15) is 11.6 Å². The van der Waals surface area contributed by atoms with Crippen molar-refractivity contribution >= 4 is 0 Å². The monoisotopic (exact) mass is 343 g/mol. The average molecular weight is 343 g/mol. The fourth-order valence-electron chi connectivity index (χ4n) is 3.11. The van der Waals surface area contributed by atoms with Gasteiger partial charge in [-0.25, -0.2) is 4.39 Å². The van der Waals surface area contributed by atoms with Crippen LogP contribution in [0.5, 0.6) is 5.75 Å². The highest BCUT2D eigenvalue weighted by Crippen LogP contribution is 2.32. The van der Waals surface area contributed by atoms with Crippen LogP contribution in [0.1, 0.15) is 45.6 Å². The van der Waals surface area contributed by atoms with Gasteiger partial charge in [-0.3, -0.25) is 4.98 Å². The van der Waals surface area contributed by atoms with Crippen LogP contribution in [0, 0.1) is 11.2 Å².